The van der Waals surface area contributed by atoms with Crippen molar-refractivity contribution in [2.24, 2.45) is 0 Å². The van der Waals surface area contributed by atoms with Gasteiger partial charge < -0.3 is 9.64 Å². The van der Waals surface area contributed by atoms with Crippen LogP contribution in [0, 0.1) is 0 Å². The Morgan fingerprint density at radius 1 is 1.36 bits per heavy atom. The third-order valence-electron chi connectivity index (χ3n) is 2.73. The van der Waals surface area contributed by atoms with Crippen LogP contribution in [-0.2, 0) is 4.74 Å². The van der Waals surface area contributed by atoms with Crippen molar-refractivity contribution in [3.8, 4) is 0 Å². The van der Waals surface area contributed by atoms with Crippen molar-refractivity contribution in [1.82, 2.24) is 4.90 Å². The van der Waals surface area contributed by atoms with Crippen LogP contribution < -0.4 is 0 Å². The second-order valence-electron chi connectivity index (χ2n) is 3.95. The molecule has 2 nitrogen and oxygen atoms in total. The molecule has 0 saturated carbocycles. The molecule has 0 aromatic heterocycles. The van der Waals surface area contributed by atoms with Crippen molar-refractivity contribution in [2.75, 3.05) is 31.6 Å². The molecule has 14 heavy (non-hydrogen) atoms. The number of rotatable bonds is 7. The van der Waals surface area contributed by atoms with Gasteiger partial charge in [-0.05, 0) is 32.2 Å². The molecule has 0 aliphatic carbocycles. The molecule has 1 aliphatic rings. The van der Waals surface area contributed by atoms with Crippen molar-refractivity contribution in [3.05, 3.63) is 0 Å². The predicted molar refractivity (Wildman–Crippen MR) is 64.1 cm³/mol. The van der Waals surface area contributed by atoms with E-state index in [0.717, 1.165) is 11.9 Å². The zero-order valence-corrected chi connectivity index (χ0v) is 10.8. The largest absolute Gasteiger partial charge is 0.378 e. The molecule has 1 unspecified atom stereocenters. The predicted octanol–water partition coefficient (Wildman–Crippen LogP) is 2.66. The Morgan fingerprint density at radius 2 is 2.21 bits per heavy atom. The van der Waals surface area contributed by atoms with E-state index in [1.807, 2.05) is 0 Å². The van der Waals surface area contributed by atoms with Gasteiger partial charge in [-0.15, -0.1) is 0 Å². The number of nitrogens with zero attached hydrogens (tertiary/aromatic N) is 1. The number of ether oxygens (including phenoxy) is 1. The molecule has 1 aliphatic heterocycles. The van der Waals surface area contributed by atoms with E-state index in [1.165, 1.54) is 45.3 Å². The average molecular weight is 264 g/mol. The van der Waals surface area contributed by atoms with Crippen LogP contribution in [0.3, 0.4) is 0 Å². The lowest BCUT2D eigenvalue weighted by molar-refractivity contribution is 0.0928. The first-order valence-corrected chi connectivity index (χ1v) is 6.89. The van der Waals surface area contributed by atoms with Crippen LogP contribution >= 0.6 is 15.9 Å². The number of halogens is 1. The highest BCUT2D eigenvalue weighted by molar-refractivity contribution is 9.09. The fourth-order valence-corrected chi connectivity index (χ4v) is 2.47. The van der Waals surface area contributed by atoms with E-state index in [9.17, 15) is 0 Å². The van der Waals surface area contributed by atoms with Gasteiger partial charge in [-0.1, -0.05) is 22.9 Å². The molecule has 3 heteroatoms. The summed E-state index contributed by atoms with van der Waals surface area (Å²) in [5, 5.41) is 1.08. The maximum Gasteiger partial charge on any atom is 0.0588 e. The van der Waals surface area contributed by atoms with Gasteiger partial charge in [0.25, 0.3) is 0 Å². The summed E-state index contributed by atoms with van der Waals surface area (Å²) in [5.74, 6) is 0. The third-order valence-corrected chi connectivity index (χ3v) is 3.09. The normalized spacial score (nSPS) is 22.1. The van der Waals surface area contributed by atoms with Crippen LogP contribution in [0.5, 0.6) is 0 Å². The molecule has 84 valence electrons. The van der Waals surface area contributed by atoms with Crippen LogP contribution in [0.15, 0.2) is 0 Å². The zero-order chi connectivity index (χ0) is 10.2. The van der Waals surface area contributed by atoms with Gasteiger partial charge in [0.1, 0.15) is 0 Å². The van der Waals surface area contributed by atoms with Crippen molar-refractivity contribution < 1.29 is 4.74 Å². The lowest BCUT2D eigenvalue weighted by atomic mass is 10.2. The Morgan fingerprint density at radius 3 is 2.79 bits per heavy atom. The van der Waals surface area contributed by atoms with Crippen LogP contribution in [0.2, 0.25) is 0 Å². The molecular weight excluding hydrogens is 242 g/mol. The first kappa shape index (κ1) is 12.5. The van der Waals surface area contributed by atoms with Crippen molar-refractivity contribution in [2.45, 2.75) is 38.7 Å². The van der Waals surface area contributed by atoms with Gasteiger partial charge in [0, 0.05) is 25.0 Å². The van der Waals surface area contributed by atoms with E-state index in [2.05, 4.69) is 27.8 Å². The summed E-state index contributed by atoms with van der Waals surface area (Å²) < 4.78 is 5.62. The first-order chi connectivity index (χ1) is 6.86. The van der Waals surface area contributed by atoms with E-state index in [-0.39, 0.29) is 0 Å². The maximum atomic E-state index is 5.62. The Bertz CT molecular complexity index is 131. The number of hydrogen-bond donors (Lipinski definition) is 0. The highest BCUT2D eigenvalue weighted by Crippen LogP contribution is 2.15. The molecule has 0 aromatic carbocycles. The van der Waals surface area contributed by atoms with Crippen LogP contribution in [0.4, 0.5) is 0 Å². The van der Waals surface area contributed by atoms with Crippen LogP contribution in [0.25, 0.3) is 0 Å². The van der Waals surface area contributed by atoms with Crippen LogP contribution in [0.1, 0.15) is 32.6 Å². The minimum Gasteiger partial charge on any atom is -0.378 e. The average Bonchev–Trinajstić information content (AvgIpc) is 2.67. The number of hydrogen-bond acceptors (Lipinski definition) is 2. The molecule has 0 spiro atoms. The van der Waals surface area contributed by atoms with E-state index < -0.39 is 0 Å². The summed E-state index contributed by atoms with van der Waals surface area (Å²) in [7, 11) is 0. The topological polar surface area (TPSA) is 12.5 Å². The van der Waals surface area contributed by atoms with Gasteiger partial charge in [-0.2, -0.15) is 0 Å². The Balaban J connectivity index is 2.10. The van der Waals surface area contributed by atoms with Gasteiger partial charge >= 0.3 is 0 Å². The standard InChI is InChI=1S/C11H22BrNO/c1-2-7-13(9-6-12)8-5-11-4-3-10-14-11/h11H,2-10H2,1H3. The molecule has 0 aromatic rings. The van der Waals surface area contributed by atoms with E-state index in [1.54, 1.807) is 0 Å². The lowest BCUT2D eigenvalue weighted by Crippen LogP contribution is -2.29. The molecule has 0 radical (unpaired) electrons. The fourth-order valence-electron chi connectivity index (χ4n) is 1.97. The molecule has 0 N–H and O–H groups in total. The summed E-state index contributed by atoms with van der Waals surface area (Å²) in [6.45, 7) is 6.81. The monoisotopic (exact) mass is 263 g/mol. The molecule has 1 saturated heterocycles. The van der Waals surface area contributed by atoms with Gasteiger partial charge in [0.05, 0.1) is 6.10 Å². The first-order valence-electron chi connectivity index (χ1n) is 5.76. The highest BCUT2D eigenvalue weighted by Gasteiger charge is 2.16. The fraction of sp³-hybridized carbons (Fsp3) is 1.00. The van der Waals surface area contributed by atoms with Gasteiger partial charge in [-0.25, -0.2) is 0 Å². The summed E-state index contributed by atoms with van der Waals surface area (Å²) >= 11 is 3.50. The molecule has 1 rings (SSSR count). The zero-order valence-electron chi connectivity index (χ0n) is 9.17. The molecule has 1 heterocycles. The Labute approximate surface area is 96.1 Å². The second-order valence-corrected chi connectivity index (χ2v) is 4.75. The smallest absolute Gasteiger partial charge is 0.0588 e. The summed E-state index contributed by atoms with van der Waals surface area (Å²) in [5.41, 5.74) is 0. The van der Waals surface area contributed by atoms with Crippen molar-refractivity contribution >= 4 is 15.9 Å². The molecule has 0 amide bonds. The summed E-state index contributed by atoms with van der Waals surface area (Å²) in [4.78, 5) is 2.52. The van der Waals surface area contributed by atoms with Gasteiger partial charge in [0.15, 0.2) is 0 Å². The number of alkyl halides is 1. The highest BCUT2D eigenvalue weighted by atomic mass is 79.9. The Kier molecular flexibility index (Phi) is 6.82. The summed E-state index contributed by atoms with van der Waals surface area (Å²) in [6.07, 6.45) is 5.54. The molecular formula is C11H22BrNO. The van der Waals surface area contributed by atoms with Gasteiger partial charge in [-0.3, -0.25) is 0 Å². The van der Waals surface area contributed by atoms with Crippen molar-refractivity contribution in [3.63, 3.8) is 0 Å². The lowest BCUT2D eigenvalue weighted by Gasteiger charge is -2.22. The molecule has 0 bridgehead atoms. The maximum absolute atomic E-state index is 5.62. The third kappa shape index (κ3) is 4.76. The molecule has 1 atom stereocenters. The van der Waals surface area contributed by atoms with Crippen LogP contribution in [-0.4, -0.2) is 42.6 Å². The Hall–Kier alpha value is 0.400. The van der Waals surface area contributed by atoms with E-state index >= 15 is 0 Å². The minimum atomic E-state index is 0.546. The van der Waals surface area contributed by atoms with Crippen molar-refractivity contribution in [1.29, 1.82) is 0 Å². The minimum absolute atomic E-state index is 0.546. The summed E-state index contributed by atoms with van der Waals surface area (Å²) in [6, 6.07) is 0. The van der Waals surface area contributed by atoms with E-state index in [0.29, 0.717) is 6.10 Å². The van der Waals surface area contributed by atoms with E-state index in [4.69, 9.17) is 4.74 Å². The second kappa shape index (κ2) is 7.66. The molecule has 1 fully saturated rings. The quantitative estimate of drug-likeness (QED) is 0.655. The van der Waals surface area contributed by atoms with Gasteiger partial charge in [0.2, 0.25) is 0 Å². The SMILES string of the molecule is CCCN(CCBr)CCC1CCCO1.